The fraction of sp³-hybridized carbons (Fsp3) is 0.360. The molecule has 1 aromatic carbocycles. The summed E-state index contributed by atoms with van der Waals surface area (Å²) < 4.78 is 0. The number of amides is 2. The van der Waals surface area contributed by atoms with Gasteiger partial charge in [-0.15, -0.1) is 0 Å². The number of thiazole rings is 1. The molecule has 0 radical (unpaired) electrons. The second-order valence-electron chi connectivity index (χ2n) is 8.75. The van der Waals surface area contributed by atoms with E-state index in [1.54, 1.807) is 0 Å². The smallest absolute Gasteiger partial charge is 0.322 e. The maximum absolute atomic E-state index is 13.1. The average molecular weight is 461 g/mol. The number of hydrogen-bond acceptors (Lipinski definition) is 6. The number of aryl methyl sites for hydroxylation is 2. The van der Waals surface area contributed by atoms with Crippen molar-refractivity contribution in [1.29, 1.82) is 0 Å². The zero-order valence-corrected chi connectivity index (χ0v) is 19.9. The predicted molar refractivity (Wildman–Crippen MR) is 135 cm³/mol. The molecular weight excluding hydrogens is 432 g/mol. The third kappa shape index (κ3) is 4.54. The quantitative estimate of drug-likeness (QED) is 0.548. The van der Waals surface area contributed by atoms with E-state index in [1.807, 2.05) is 43.0 Å². The zero-order chi connectivity index (χ0) is 22.9. The Morgan fingerprint density at radius 2 is 1.94 bits per heavy atom. The van der Waals surface area contributed by atoms with E-state index in [0.717, 1.165) is 65.0 Å². The second-order valence-corrected chi connectivity index (χ2v) is 9.75. The first-order chi connectivity index (χ1) is 16.0. The fourth-order valence-corrected chi connectivity index (χ4v) is 5.79. The minimum atomic E-state index is -0.0722. The summed E-state index contributed by atoms with van der Waals surface area (Å²) in [5.74, 6) is 0. The Bertz CT molecular complexity index is 1190. The van der Waals surface area contributed by atoms with Gasteiger partial charge in [-0.3, -0.25) is 20.2 Å². The van der Waals surface area contributed by atoms with Crippen LogP contribution in [0.1, 0.15) is 24.2 Å². The molecule has 3 aromatic rings. The van der Waals surface area contributed by atoms with E-state index in [-0.39, 0.29) is 6.03 Å². The van der Waals surface area contributed by atoms with Crippen LogP contribution in [0.15, 0.2) is 41.4 Å². The molecule has 2 fully saturated rings. The molecule has 2 saturated heterocycles. The second kappa shape index (κ2) is 9.03. The van der Waals surface area contributed by atoms with Crippen molar-refractivity contribution in [2.24, 2.45) is 4.99 Å². The number of hydrogen-bond donors (Lipinski definition) is 1. The van der Waals surface area contributed by atoms with Crippen LogP contribution < -0.4 is 5.32 Å². The Morgan fingerprint density at radius 3 is 2.73 bits per heavy atom. The molecule has 0 spiro atoms. The highest BCUT2D eigenvalue weighted by Crippen LogP contribution is 2.40. The normalized spacial score (nSPS) is 18.2. The van der Waals surface area contributed by atoms with Crippen molar-refractivity contribution in [3.63, 3.8) is 0 Å². The first-order valence-electron chi connectivity index (χ1n) is 11.3. The number of anilines is 1. The van der Waals surface area contributed by atoms with Crippen LogP contribution in [-0.2, 0) is 0 Å². The molecule has 0 unspecified atom stereocenters. The van der Waals surface area contributed by atoms with Gasteiger partial charge < -0.3 is 4.90 Å². The lowest BCUT2D eigenvalue weighted by molar-refractivity contribution is 0.124. The lowest BCUT2D eigenvalue weighted by Gasteiger charge is -2.37. The number of urea groups is 1. The van der Waals surface area contributed by atoms with Crippen LogP contribution in [0.2, 0.25) is 0 Å². The number of rotatable bonds is 4. The molecule has 2 aliphatic heterocycles. The molecule has 7 nitrogen and oxygen atoms in total. The molecule has 2 amide bonds. The van der Waals surface area contributed by atoms with Crippen LogP contribution in [0, 0.1) is 13.8 Å². The Kier molecular flexibility index (Phi) is 5.95. The number of piperazine rings is 1. The topological polar surface area (TPSA) is 73.7 Å². The Morgan fingerprint density at radius 1 is 1.12 bits per heavy atom. The molecular formula is C25H28N6OS. The van der Waals surface area contributed by atoms with E-state index in [9.17, 15) is 4.79 Å². The van der Waals surface area contributed by atoms with Gasteiger partial charge in [-0.2, -0.15) is 0 Å². The number of nitrogens with zero attached hydrogens (tertiary/aromatic N) is 5. The minimum Gasteiger partial charge on any atom is -0.322 e. The number of fused-ring (bicyclic) bond motifs is 1. The van der Waals surface area contributed by atoms with Gasteiger partial charge in [0.25, 0.3) is 0 Å². The predicted octanol–water partition coefficient (Wildman–Crippen LogP) is 5.13. The molecule has 1 atom stereocenters. The van der Waals surface area contributed by atoms with Crippen LogP contribution in [0.3, 0.4) is 0 Å². The fourth-order valence-electron chi connectivity index (χ4n) is 4.83. The van der Waals surface area contributed by atoms with Gasteiger partial charge in [0.1, 0.15) is 0 Å². The number of aliphatic imine (C=N–C) groups is 1. The van der Waals surface area contributed by atoms with E-state index >= 15 is 0 Å². The number of benzene rings is 1. The molecule has 5 rings (SSSR count). The summed E-state index contributed by atoms with van der Waals surface area (Å²) in [6.45, 7) is 11.3. The maximum Gasteiger partial charge on any atom is 0.323 e. The largest absolute Gasteiger partial charge is 0.323 e. The van der Waals surface area contributed by atoms with Gasteiger partial charge in [0.05, 0.1) is 16.3 Å². The number of aromatic nitrogens is 2. The first-order valence-corrected chi connectivity index (χ1v) is 12.2. The van der Waals surface area contributed by atoms with Crippen molar-refractivity contribution in [1.82, 2.24) is 19.8 Å². The van der Waals surface area contributed by atoms with Gasteiger partial charge >= 0.3 is 6.03 Å². The number of carbonyl (C=O) groups excluding carboxylic acids is 1. The van der Waals surface area contributed by atoms with Crippen LogP contribution >= 0.6 is 11.3 Å². The third-order valence-electron chi connectivity index (χ3n) is 6.36. The average Bonchev–Trinajstić information content (AvgIpc) is 3.45. The maximum atomic E-state index is 13.1. The van der Waals surface area contributed by atoms with Crippen molar-refractivity contribution >= 4 is 34.9 Å². The summed E-state index contributed by atoms with van der Waals surface area (Å²) in [6, 6.07) is 12.4. The first kappa shape index (κ1) is 21.7. The van der Waals surface area contributed by atoms with Gasteiger partial charge in [-0.1, -0.05) is 23.5 Å². The van der Waals surface area contributed by atoms with Crippen molar-refractivity contribution in [3.8, 4) is 21.7 Å². The van der Waals surface area contributed by atoms with Gasteiger partial charge in [-0.25, -0.2) is 9.78 Å². The van der Waals surface area contributed by atoms with Crippen LogP contribution in [0.4, 0.5) is 15.6 Å². The van der Waals surface area contributed by atoms with Crippen LogP contribution in [-0.4, -0.2) is 64.7 Å². The molecule has 2 aliphatic rings. The number of pyridine rings is 1. The molecule has 8 heteroatoms. The van der Waals surface area contributed by atoms with Crippen molar-refractivity contribution in [2.45, 2.75) is 32.7 Å². The standard InChI is InChI=1S/C25H28N6OS/c1-16-12-19(13-17(2)27-16)23-22(18-6-4-7-20(14-18)26-3)28-24(33-23)29-25(32)31-11-10-30-9-5-8-21(30)15-31/h4,6-7,12-14,21H,3,5,8-11,15H2,1-2H3,(H,28,29,32)/t21-/m1/s1. The third-order valence-corrected chi connectivity index (χ3v) is 7.38. The van der Waals surface area contributed by atoms with Crippen LogP contribution in [0.25, 0.3) is 21.7 Å². The number of nitrogens with one attached hydrogen (secondary N) is 1. The Balaban J connectivity index is 1.47. The molecule has 4 heterocycles. The Hall–Kier alpha value is -3.10. The molecule has 2 aromatic heterocycles. The molecule has 170 valence electrons. The summed E-state index contributed by atoms with van der Waals surface area (Å²) in [5.41, 5.74) is 5.50. The van der Waals surface area contributed by atoms with E-state index in [0.29, 0.717) is 11.2 Å². The highest BCUT2D eigenvalue weighted by atomic mass is 32.1. The molecule has 1 N–H and O–H groups in total. The molecule has 0 bridgehead atoms. The van der Waals surface area contributed by atoms with Gasteiger partial charge in [0.15, 0.2) is 5.13 Å². The highest BCUT2D eigenvalue weighted by Gasteiger charge is 2.32. The summed E-state index contributed by atoms with van der Waals surface area (Å²) in [4.78, 5) is 32.0. The summed E-state index contributed by atoms with van der Waals surface area (Å²) in [5, 5.41) is 3.67. The van der Waals surface area contributed by atoms with Crippen LogP contribution in [0.5, 0.6) is 0 Å². The lowest BCUT2D eigenvalue weighted by Crippen LogP contribution is -2.53. The van der Waals surface area contributed by atoms with E-state index in [1.165, 1.54) is 24.2 Å². The molecule has 0 saturated carbocycles. The SMILES string of the molecule is C=Nc1cccc(-c2nc(NC(=O)N3CCN4CCC[C@@H]4C3)sc2-c2cc(C)nc(C)c2)c1. The van der Waals surface area contributed by atoms with Crippen molar-refractivity contribution in [2.75, 3.05) is 31.5 Å². The van der Waals surface area contributed by atoms with Crippen molar-refractivity contribution < 1.29 is 4.79 Å². The Labute approximate surface area is 198 Å². The minimum absolute atomic E-state index is 0.0722. The number of carbonyl (C=O) groups is 1. The highest BCUT2D eigenvalue weighted by molar-refractivity contribution is 7.19. The van der Waals surface area contributed by atoms with Gasteiger partial charge in [0, 0.05) is 42.6 Å². The van der Waals surface area contributed by atoms with E-state index in [2.05, 4.69) is 39.0 Å². The van der Waals surface area contributed by atoms with Gasteiger partial charge in [-0.05, 0) is 69.8 Å². The monoisotopic (exact) mass is 460 g/mol. The van der Waals surface area contributed by atoms with E-state index < -0.39 is 0 Å². The lowest BCUT2D eigenvalue weighted by atomic mass is 10.1. The van der Waals surface area contributed by atoms with Crippen molar-refractivity contribution in [3.05, 3.63) is 47.8 Å². The zero-order valence-electron chi connectivity index (χ0n) is 19.0. The van der Waals surface area contributed by atoms with E-state index in [4.69, 9.17) is 4.98 Å². The summed E-state index contributed by atoms with van der Waals surface area (Å²) in [7, 11) is 0. The van der Waals surface area contributed by atoms with Gasteiger partial charge in [0.2, 0.25) is 0 Å². The molecule has 0 aliphatic carbocycles. The molecule has 33 heavy (non-hydrogen) atoms. The summed E-state index contributed by atoms with van der Waals surface area (Å²) in [6.07, 6.45) is 2.40. The summed E-state index contributed by atoms with van der Waals surface area (Å²) >= 11 is 1.50.